The maximum atomic E-state index is 10.8. The molecule has 0 saturated heterocycles. The number of carbonyl (C=O) groups is 1. The van der Waals surface area contributed by atoms with Crippen molar-refractivity contribution in [3.63, 3.8) is 0 Å². The molecule has 2 aliphatic rings. The van der Waals surface area contributed by atoms with Gasteiger partial charge >= 0.3 is 5.97 Å². The highest BCUT2D eigenvalue weighted by atomic mass is 16.6. The molecule has 1 heterocycles. The van der Waals surface area contributed by atoms with E-state index in [0.29, 0.717) is 18.3 Å². The molecule has 2 N–H and O–H groups in total. The number of rotatable bonds is 9. The summed E-state index contributed by atoms with van der Waals surface area (Å²) in [6, 6.07) is 9.71. The van der Waals surface area contributed by atoms with Crippen LogP contribution >= 0.6 is 0 Å². The van der Waals surface area contributed by atoms with Crippen molar-refractivity contribution in [3.05, 3.63) is 71.1 Å². The van der Waals surface area contributed by atoms with Crippen LogP contribution in [0.5, 0.6) is 5.75 Å². The minimum absolute atomic E-state index is 0.329. The van der Waals surface area contributed by atoms with Crippen molar-refractivity contribution >= 4 is 17.7 Å². The quantitative estimate of drug-likeness (QED) is 0.576. The number of allylic oxidation sites excluding steroid dienone is 1. The Morgan fingerprint density at radius 1 is 1.19 bits per heavy atom. The lowest BCUT2D eigenvalue weighted by Gasteiger charge is -2.20. The Hall–Kier alpha value is -3.12. The topological polar surface area (TPSA) is 80.7 Å². The third-order valence-electron chi connectivity index (χ3n) is 5.79. The molecule has 1 fully saturated rings. The number of hydrogen-bond donors (Lipinski definition) is 2. The first kappa shape index (κ1) is 21.1. The number of fused-ring (bicyclic) bond motifs is 1. The molecule has 0 unspecified atom stereocenters. The lowest BCUT2D eigenvalue weighted by molar-refractivity contribution is -0.139. The number of carboxylic acid groups (broad SMARTS) is 1. The summed E-state index contributed by atoms with van der Waals surface area (Å²) in [6.07, 6.45) is 14.7. The molecule has 31 heavy (non-hydrogen) atoms. The van der Waals surface area contributed by atoms with Crippen molar-refractivity contribution in [2.75, 3.05) is 13.2 Å². The Morgan fingerprint density at radius 3 is 2.84 bits per heavy atom. The maximum absolute atomic E-state index is 10.8. The van der Waals surface area contributed by atoms with Gasteiger partial charge < -0.3 is 9.84 Å². The number of nitrogens with zero attached hydrogens (tertiary/aromatic N) is 1. The number of aliphatic carboxylic acids is 1. The third-order valence-corrected chi connectivity index (χ3v) is 5.79. The van der Waals surface area contributed by atoms with Crippen molar-refractivity contribution in [2.45, 2.75) is 38.5 Å². The molecule has 1 aromatic carbocycles. The second kappa shape index (κ2) is 10.3. The van der Waals surface area contributed by atoms with Crippen LogP contribution in [0, 0.1) is 5.92 Å². The molecule has 2 aromatic rings. The maximum Gasteiger partial charge on any atom is 0.341 e. The summed E-state index contributed by atoms with van der Waals surface area (Å²) in [5.41, 5.74) is 8.46. The summed E-state index contributed by atoms with van der Waals surface area (Å²) >= 11 is 0. The molecule has 6 nitrogen and oxygen atoms in total. The largest absolute Gasteiger partial charge is 0.482 e. The second-order valence-corrected chi connectivity index (χ2v) is 8.07. The van der Waals surface area contributed by atoms with Gasteiger partial charge in [-0.2, -0.15) is 0 Å². The van der Waals surface area contributed by atoms with Gasteiger partial charge in [0, 0.05) is 23.5 Å². The van der Waals surface area contributed by atoms with Crippen LogP contribution in [-0.4, -0.2) is 29.3 Å². The smallest absolute Gasteiger partial charge is 0.341 e. The highest BCUT2D eigenvalue weighted by molar-refractivity contribution is 5.69. The molecule has 0 aliphatic heterocycles. The molecule has 6 heteroatoms. The van der Waals surface area contributed by atoms with Gasteiger partial charge in [-0.15, -0.1) is 0 Å². The molecule has 0 bridgehead atoms. The summed E-state index contributed by atoms with van der Waals surface area (Å²) in [5.74, 6) is 0.253. The van der Waals surface area contributed by atoms with E-state index in [9.17, 15) is 4.79 Å². The number of pyridine rings is 1. The van der Waals surface area contributed by atoms with Crippen LogP contribution < -0.4 is 10.2 Å². The zero-order valence-electron chi connectivity index (χ0n) is 17.5. The van der Waals surface area contributed by atoms with Gasteiger partial charge in [-0.25, -0.2) is 4.79 Å². The van der Waals surface area contributed by atoms with Gasteiger partial charge in [0.2, 0.25) is 0 Å². The lowest BCUT2D eigenvalue weighted by Crippen LogP contribution is -2.17. The van der Waals surface area contributed by atoms with Crippen LogP contribution in [0.1, 0.15) is 48.8 Å². The molecule has 1 aromatic heterocycles. The number of aromatic nitrogens is 1. The molecular formula is C25H28N2O4. The van der Waals surface area contributed by atoms with E-state index in [4.69, 9.17) is 14.7 Å². The van der Waals surface area contributed by atoms with Crippen molar-refractivity contribution in [3.8, 4) is 5.75 Å². The third kappa shape index (κ3) is 5.73. The fourth-order valence-corrected chi connectivity index (χ4v) is 4.23. The van der Waals surface area contributed by atoms with Crippen molar-refractivity contribution < 1.29 is 19.5 Å². The first-order valence-electron chi connectivity index (χ1n) is 10.8. The number of nitrogens with one attached hydrogen (secondary N) is 1. The van der Waals surface area contributed by atoms with Gasteiger partial charge in [0.1, 0.15) is 5.75 Å². The molecule has 162 valence electrons. The predicted octanol–water partition coefficient (Wildman–Crippen LogP) is 4.63. The average molecular weight is 421 g/mol. The van der Waals surface area contributed by atoms with Gasteiger partial charge in [-0.1, -0.05) is 37.1 Å². The average Bonchev–Trinajstić information content (AvgIpc) is 3.30. The van der Waals surface area contributed by atoms with E-state index < -0.39 is 5.97 Å². The van der Waals surface area contributed by atoms with E-state index in [0.717, 1.165) is 35.2 Å². The minimum Gasteiger partial charge on any atom is -0.482 e. The summed E-state index contributed by atoms with van der Waals surface area (Å²) in [6.45, 7) is 0.145. The van der Waals surface area contributed by atoms with E-state index in [2.05, 4.69) is 22.6 Å². The molecule has 0 radical (unpaired) electrons. The van der Waals surface area contributed by atoms with Gasteiger partial charge in [0.15, 0.2) is 6.61 Å². The predicted molar refractivity (Wildman–Crippen MR) is 119 cm³/mol. The van der Waals surface area contributed by atoms with Crippen LogP contribution in [0.4, 0.5) is 0 Å². The first-order chi connectivity index (χ1) is 15.2. The van der Waals surface area contributed by atoms with E-state index in [-0.39, 0.29) is 6.61 Å². The molecule has 4 rings (SSSR count). The lowest BCUT2D eigenvalue weighted by atomic mass is 9.92. The van der Waals surface area contributed by atoms with Crippen molar-refractivity contribution in [1.82, 2.24) is 10.5 Å². The molecule has 0 spiro atoms. The standard InChI is InChI=1S/C25H28N2O4/c28-25(29)17-30-24-9-3-7-20-13-19(10-11-22(20)24)16-31-27-23(14-18-5-1-2-6-18)21-8-4-12-26-15-21/h3-4,7-9,12-15,18,27H,1-2,5-6,10-11,16-17H2,(H,28,29). The Labute approximate surface area is 182 Å². The van der Waals surface area contributed by atoms with E-state index in [1.54, 1.807) is 6.20 Å². The summed E-state index contributed by atoms with van der Waals surface area (Å²) < 4.78 is 5.44. The molecule has 0 amide bonds. The van der Waals surface area contributed by atoms with Crippen LogP contribution in [0.3, 0.4) is 0 Å². The van der Waals surface area contributed by atoms with Crippen LogP contribution in [0.2, 0.25) is 0 Å². The summed E-state index contributed by atoms with van der Waals surface area (Å²) in [7, 11) is 0. The Bertz CT molecular complexity index is 963. The molecule has 1 saturated carbocycles. The number of benzene rings is 1. The number of carboxylic acids is 1. The zero-order chi connectivity index (χ0) is 21.5. The second-order valence-electron chi connectivity index (χ2n) is 8.07. The summed E-state index contributed by atoms with van der Waals surface area (Å²) in [4.78, 5) is 21.0. The fourth-order valence-electron chi connectivity index (χ4n) is 4.23. The Balaban J connectivity index is 1.40. The Kier molecular flexibility index (Phi) is 6.99. The molecule has 2 aliphatic carbocycles. The number of ether oxygens (including phenoxy) is 1. The SMILES string of the molecule is O=C(O)COc1cccc2c1CCC(CONC(=CC1CCCC1)c1cccnc1)=C2. The van der Waals surface area contributed by atoms with Crippen LogP contribution in [-0.2, 0) is 16.1 Å². The van der Waals surface area contributed by atoms with Crippen LogP contribution in [0.25, 0.3) is 11.8 Å². The van der Waals surface area contributed by atoms with Crippen molar-refractivity contribution in [1.29, 1.82) is 0 Å². The highest BCUT2D eigenvalue weighted by Crippen LogP contribution is 2.32. The van der Waals surface area contributed by atoms with Gasteiger partial charge in [-0.3, -0.25) is 15.3 Å². The highest BCUT2D eigenvalue weighted by Gasteiger charge is 2.17. The monoisotopic (exact) mass is 420 g/mol. The minimum atomic E-state index is -0.973. The van der Waals surface area contributed by atoms with Crippen LogP contribution in [0.15, 0.2) is 54.4 Å². The van der Waals surface area contributed by atoms with Gasteiger partial charge in [-0.05, 0) is 60.9 Å². The van der Waals surface area contributed by atoms with Crippen molar-refractivity contribution in [2.24, 2.45) is 5.92 Å². The fraction of sp³-hybridized carbons (Fsp3) is 0.360. The first-order valence-corrected chi connectivity index (χ1v) is 10.8. The van der Waals surface area contributed by atoms with Gasteiger partial charge in [0.05, 0.1) is 12.3 Å². The Morgan fingerprint density at radius 2 is 2.06 bits per heavy atom. The number of hydrogen-bond acceptors (Lipinski definition) is 5. The molecular weight excluding hydrogens is 392 g/mol. The zero-order valence-corrected chi connectivity index (χ0v) is 17.5. The summed E-state index contributed by atoms with van der Waals surface area (Å²) in [5, 5.41) is 8.87. The normalized spacial score (nSPS) is 16.5. The molecule has 0 atom stereocenters. The van der Waals surface area contributed by atoms with E-state index >= 15 is 0 Å². The van der Waals surface area contributed by atoms with Gasteiger partial charge in [0.25, 0.3) is 0 Å². The number of hydroxylamine groups is 1. The van der Waals surface area contributed by atoms with E-state index in [1.807, 2.05) is 36.5 Å². The van der Waals surface area contributed by atoms with E-state index in [1.165, 1.54) is 31.3 Å².